The first-order chi connectivity index (χ1) is 12.7. The Bertz CT molecular complexity index is 927. The van der Waals surface area contributed by atoms with Crippen LogP contribution in [0.25, 0.3) is 11.1 Å². The Balaban J connectivity index is 1.57. The molecule has 3 aliphatic heterocycles. The molecule has 3 aliphatic rings. The van der Waals surface area contributed by atoms with Crippen LogP contribution in [0.15, 0.2) is 36.4 Å². The van der Waals surface area contributed by atoms with Gasteiger partial charge in [0.15, 0.2) is 11.5 Å². The summed E-state index contributed by atoms with van der Waals surface area (Å²) in [5, 5.41) is 6.06. The number of hydrogen-bond donors (Lipinski definition) is 2. The lowest BCUT2D eigenvalue weighted by molar-refractivity contribution is -0.120. The highest BCUT2D eigenvalue weighted by Gasteiger charge is 2.36. The number of hydrogen-bond acceptors (Lipinski definition) is 5. The molecule has 1 saturated heterocycles. The summed E-state index contributed by atoms with van der Waals surface area (Å²) < 4.78 is 10.8. The second kappa shape index (κ2) is 5.74. The lowest BCUT2D eigenvalue weighted by atomic mass is 10.0. The van der Waals surface area contributed by atoms with Crippen LogP contribution in [0, 0.1) is 0 Å². The van der Waals surface area contributed by atoms with Crippen molar-refractivity contribution in [1.82, 2.24) is 10.2 Å². The first-order valence-corrected chi connectivity index (χ1v) is 8.57. The Morgan fingerprint density at radius 1 is 1.00 bits per heavy atom. The summed E-state index contributed by atoms with van der Waals surface area (Å²) in [5.74, 6) is 1.14. The first kappa shape index (κ1) is 15.2. The summed E-state index contributed by atoms with van der Waals surface area (Å²) in [4.78, 5) is 27.2. The maximum atomic E-state index is 13.0. The number of rotatable bonds is 1. The Hall–Kier alpha value is -3.06. The Labute approximate surface area is 149 Å². The van der Waals surface area contributed by atoms with Crippen molar-refractivity contribution in [1.29, 1.82) is 0 Å². The van der Waals surface area contributed by atoms with Gasteiger partial charge in [0, 0.05) is 19.6 Å². The van der Waals surface area contributed by atoms with E-state index in [0.717, 1.165) is 16.9 Å². The zero-order valence-corrected chi connectivity index (χ0v) is 14.0. The molecule has 1 atom stereocenters. The molecule has 0 spiro atoms. The molecule has 2 aromatic carbocycles. The molecule has 0 saturated carbocycles. The van der Waals surface area contributed by atoms with E-state index in [1.165, 1.54) is 0 Å². The van der Waals surface area contributed by atoms with Crippen molar-refractivity contribution in [2.45, 2.75) is 6.04 Å². The molecule has 0 aromatic heterocycles. The third-order valence-corrected chi connectivity index (χ3v) is 5.02. The van der Waals surface area contributed by atoms with Crippen molar-refractivity contribution in [3.8, 4) is 22.6 Å². The maximum Gasteiger partial charge on any atom is 0.256 e. The molecule has 7 nitrogen and oxygen atoms in total. The van der Waals surface area contributed by atoms with Gasteiger partial charge in [0.05, 0.1) is 11.3 Å². The molecule has 1 unspecified atom stereocenters. The van der Waals surface area contributed by atoms with Gasteiger partial charge < -0.3 is 25.0 Å². The summed E-state index contributed by atoms with van der Waals surface area (Å²) >= 11 is 0. The number of benzene rings is 2. The zero-order chi connectivity index (χ0) is 17.7. The summed E-state index contributed by atoms with van der Waals surface area (Å²) in [6, 6.07) is 10.7. The van der Waals surface area contributed by atoms with Gasteiger partial charge >= 0.3 is 0 Å². The second-order valence-electron chi connectivity index (χ2n) is 6.54. The Morgan fingerprint density at radius 2 is 1.81 bits per heavy atom. The quantitative estimate of drug-likeness (QED) is 0.813. The molecular formula is C19H17N3O4. The van der Waals surface area contributed by atoms with E-state index in [1.54, 1.807) is 11.0 Å². The van der Waals surface area contributed by atoms with E-state index in [1.807, 2.05) is 30.3 Å². The highest BCUT2D eigenvalue weighted by molar-refractivity contribution is 6.10. The van der Waals surface area contributed by atoms with Gasteiger partial charge in [-0.2, -0.15) is 0 Å². The predicted molar refractivity (Wildman–Crippen MR) is 94.3 cm³/mol. The minimum absolute atomic E-state index is 0.118. The van der Waals surface area contributed by atoms with Gasteiger partial charge in [0.1, 0.15) is 6.04 Å². The molecule has 5 rings (SSSR count). The fourth-order valence-electron chi connectivity index (χ4n) is 3.64. The lowest BCUT2D eigenvalue weighted by Crippen LogP contribution is -2.57. The second-order valence-corrected chi connectivity index (χ2v) is 6.54. The van der Waals surface area contributed by atoms with Crippen molar-refractivity contribution in [2.24, 2.45) is 0 Å². The van der Waals surface area contributed by atoms with Crippen LogP contribution >= 0.6 is 0 Å². The van der Waals surface area contributed by atoms with E-state index in [4.69, 9.17) is 9.47 Å². The van der Waals surface area contributed by atoms with E-state index in [0.29, 0.717) is 36.6 Å². The topological polar surface area (TPSA) is 79.9 Å². The Morgan fingerprint density at radius 3 is 2.73 bits per heavy atom. The predicted octanol–water partition coefficient (Wildman–Crippen LogP) is 1.45. The minimum Gasteiger partial charge on any atom is -0.454 e. The van der Waals surface area contributed by atoms with Gasteiger partial charge in [-0.25, -0.2) is 0 Å². The highest BCUT2D eigenvalue weighted by atomic mass is 16.7. The van der Waals surface area contributed by atoms with Crippen molar-refractivity contribution in [3.05, 3.63) is 42.0 Å². The number of nitrogens with zero attached hydrogens (tertiary/aromatic N) is 1. The highest BCUT2D eigenvalue weighted by Crippen LogP contribution is 2.37. The summed E-state index contributed by atoms with van der Waals surface area (Å²) in [6.07, 6.45) is 0. The normalized spacial score (nSPS) is 20.9. The fourth-order valence-corrected chi connectivity index (χ4v) is 3.64. The van der Waals surface area contributed by atoms with E-state index in [9.17, 15) is 9.59 Å². The molecule has 132 valence electrons. The number of piperazine rings is 1. The van der Waals surface area contributed by atoms with Gasteiger partial charge in [-0.1, -0.05) is 12.1 Å². The van der Waals surface area contributed by atoms with Crippen LogP contribution in [0.1, 0.15) is 10.4 Å². The molecular weight excluding hydrogens is 334 g/mol. The largest absolute Gasteiger partial charge is 0.454 e. The van der Waals surface area contributed by atoms with Crippen LogP contribution in [0.4, 0.5) is 5.69 Å². The van der Waals surface area contributed by atoms with E-state index >= 15 is 0 Å². The van der Waals surface area contributed by atoms with E-state index in [-0.39, 0.29) is 18.6 Å². The number of anilines is 1. The number of carbonyl (C=O) groups excluding carboxylic acids is 2. The van der Waals surface area contributed by atoms with Crippen LogP contribution in [0.3, 0.4) is 0 Å². The fraction of sp³-hybridized carbons (Fsp3) is 0.263. The summed E-state index contributed by atoms with van der Waals surface area (Å²) in [5.41, 5.74) is 2.88. The van der Waals surface area contributed by atoms with E-state index in [2.05, 4.69) is 10.6 Å². The van der Waals surface area contributed by atoms with Gasteiger partial charge in [-0.3, -0.25) is 9.59 Å². The summed E-state index contributed by atoms with van der Waals surface area (Å²) in [7, 11) is 0. The van der Waals surface area contributed by atoms with E-state index < -0.39 is 6.04 Å². The molecule has 2 N–H and O–H groups in total. The molecule has 0 aliphatic carbocycles. The monoisotopic (exact) mass is 351 g/mol. The molecule has 0 radical (unpaired) electrons. The first-order valence-electron chi connectivity index (χ1n) is 8.57. The van der Waals surface area contributed by atoms with Crippen molar-refractivity contribution >= 4 is 17.5 Å². The molecule has 26 heavy (non-hydrogen) atoms. The standard InChI is InChI=1S/C19H17N3O4/c23-18-15-9-20-5-6-22(15)19(24)13-7-11(1-3-14(13)21-18)12-2-4-16-17(8-12)26-10-25-16/h1-4,7-8,15,20H,5-6,9-10H2,(H,21,23). The lowest BCUT2D eigenvalue weighted by Gasteiger charge is -2.33. The molecule has 7 heteroatoms. The minimum atomic E-state index is -0.474. The molecule has 3 heterocycles. The van der Waals surface area contributed by atoms with Crippen LogP contribution in [-0.4, -0.2) is 49.2 Å². The van der Waals surface area contributed by atoms with Gasteiger partial charge in [0.25, 0.3) is 5.91 Å². The number of fused-ring (bicyclic) bond motifs is 3. The molecule has 1 fully saturated rings. The third kappa shape index (κ3) is 2.32. The van der Waals surface area contributed by atoms with Gasteiger partial charge in [-0.05, 0) is 35.4 Å². The maximum absolute atomic E-state index is 13.0. The smallest absolute Gasteiger partial charge is 0.256 e. The number of carbonyl (C=O) groups is 2. The molecule has 2 aromatic rings. The molecule has 2 amide bonds. The zero-order valence-electron chi connectivity index (χ0n) is 14.0. The number of nitrogens with one attached hydrogen (secondary N) is 2. The van der Waals surface area contributed by atoms with Crippen LogP contribution in [0.2, 0.25) is 0 Å². The number of ether oxygens (including phenoxy) is 2. The SMILES string of the molecule is O=C1Nc2ccc(-c3ccc4c(c3)OCO4)cc2C(=O)N2CCNCC12. The average Bonchev–Trinajstić information content (AvgIpc) is 3.11. The van der Waals surface area contributed by atoms with Crippen LogP contribution < -0.4 is 20.1 Å². The number of amides is 2. The van der Waals surface area contributed by atoms with Crippen molar-refractivity contribution in [2.75, 3.05) is 31.7 Å². The third-order valence-electron chi connectivity index (χ3n) is 5.02. The van der Waals surface area contributed by atoms with Gasteiger partial charge in [-0.15, -0.1) is 0 Å². The van der Waals surface area contributed by atoms with Crippen LogP contribution in [-0.2, 0) is 4.79 Å². The van der Waals surface area contributed by atoms with Crippen molar-refractivity contribution < 1.29 is 19.1 Å². The van der Waals surface area contributed by atoms with Crippen molar-refractivity contribution in [3.63, 3.8) is 0 Å². The molecule has 0 bridgehead atoms. The van der Waals surface area contributed by atoms with Crippen LogP contribution in [0.5, 0.6) is 11.5 Å². The average molecular weight is 351 g/mol. The van der Waals surface area contributed by atoms with Gasteiger partial charge in [0.2, 0.25) is 12.7 Å². The summed E-state index contributed by atoms with van der Waals surface area (Å²) in [6.45, 7) is 1.90. The Kier molecular flexibility index (Phi) is 3.36.